The van der Waals surface area contributed by atoms with Crippen LogP contribution in [0.4, 0.5) is 0 Å². The van der Waals surface area contributed by atoms with E-state index >= 15 is 0 Å². The molecule has 0 bridgehead atoms. The van der Waals surface area contributed by atoms with Crippen LogP contribution in [0, 0.1) is 0 Å². The molecule has 1 aromatic heterocycles. The molecular formula is C13H13BrN2O2. The number of aliphatic hydroxyl groups is 1. The molecule has 0 radical (unpaired) electrons. The molecule has 94 valence electrons. The third-order valence-corrected chi connectivity index (χ3v) is 3.90. The summed E-state index contributed by atoms with van der Waals surface area (Å²) < 4.78 is 2.67. The van der Waals surface area contributed by atoms with Crippen LogP contribution in [0.2, 0.25) is 0 Å². The summed E-state index contributed by atoms with van der Waals surface area (Å²) >= 11 is 3.45. The number of aromatic hydroxyl groups is 1. The lowest BCUT2D eigenvalue weighted by atomic mass is 10.1. The number of phenols is 1. The smallest absolute Gasteiger partial charge is 0.143 e. The molecule has 0 saturated carbocycles. The normalized spacial score (nSPS) is 18.7. The van der Waals surface area contributed by atoms with Crippen LogP contribution in [0.15, 0.2) is 28.9 Å². The summed E-state index contributed by atoms with van der Waals surface area (Å²) in [6.07, 6.45) is 2.13. The largest absolute Gasteiger partial charge is 0.508 e. The standard InChI is InChI=1S/C13H13BrN2O2/c14-12-10-2-1-3-11(18)16(10)13(15-12)8-4-6-9(17)7-5-8/h4-7,11,17-18H,1-3H2. The Morgan fingerprint density at radius 2 is 2.00 bits per heavy atom. The van der Waals surface area contributed by atoms with Gasteiger partial charge in [0.05, 0.1) is 5.69 Å². The molecule has 1 atom stereocenters. The van der Waals surface area contributed by atoms with Gasteiger partial charge in [-0.05, 0) is 59.5 Å². The summed E-state index contributed by atoms with van der Waals surface area (Å²) in [4.78, 5) is 4.48. The van der Waals surface area contributed by atoms with Gasteiger partial charge in [-0.3, -0.25) is 0 Å². The molecule has 18 heavy (non-hydrogen) atoms. The second-order valence-corrected chi connectivity index (χ2v) is 5.21. The van der Waals surface area contributed by atoms with Gasteiger partial charge in [-0.1, -0.05) is 0 Å². The SMILES string of the molecule is Oc1ccc(-c2nc(Br)c3n2C(O)CCC3)cc1. The Balaban J connectivity index is 2.15. The topological polar surface area (TPSA) is 58.3 Å². The zero-order chi connectivity index (χ0) is 12.7. The van der Waals surface area contributed by atoms with Crippen LogP contribution in [0.3, 0.4) is 0 Å². The van der Waals surface area contributed by atoms with Gasteiger partial charge in [0.2, 0.25) is 0 Å². The number of aliphatic hydroxyl groups excluding tert-OH is 1. The summed E-state index contributed by atoms with van der Waals surface area (Å²) in [5.41, 5.74) is 1.93. The Kier molecular flexibility index (Phi) is 2.87. The van der Waals surface area contributed by atoms with Gasteiger partial charge in [-0.15, -0.1) is 0 Å². The summed E-state index contributed by atoms with van der Waals surface area (Å²) in [6.45, 7) is 0. The molecule has 0 amide bonds. The van der Waals surface area contributed by atoms with Crippen molar-refractivity contribution in [3.05, 3.63) is 34.6 Å². The highest BCUT2D eigenvalue weighted by molar-refractivity contribution is 9.10. The molecule has 0 fully saturated rings. The maximum atomic E-state index is 10.1. The summed E-state index contributed by atoms with van der Waals surface area (Å²) in [5.74, 6) is 0.966. The second-order valence-electron chi connectivity index (χ2n) is 4.46. The molecule has 0 spiro atoms. The Hall–Kier alpha value is -1.33. The Morgan fingerprint density at radius 1 is 1.28 bits per heavy atom. The molecule has 2 aromatic rings. The second kappa shape index (κ2) is 4.40. The number of rotatable bonds is 1. The molecule has 0 aliphatic carbocycles. The number of aromatic nitrogens is 2. The number of halogens is 1. The molecule has 1 aliphatic rings. The molecule has 3 rings (SSSR count). The number of phenolic OH excluding ortho intramolecular Hbond substituents is 1. The predicted octanol–water partition coefficient (Wildman–Crippen LogP) is 2.85. The van der Waals surface area contributed by atoms with E-state index in [-0.39, 0.29) is 5.75 Å². The van der Waals surface area contributed by atoms with Crippen molar-refractivity contribution in [2.45, 2.75) is 25.5 Å². The van der Waals surface area contributed by atoms with Gasteiger partial charge in [-0.2, -0.15) is 0 Å². The van der Waals surface area contributed by atoms with Gasteiger partial charge in [0.25, 0.3) is 0 Å². The van der Waals surface area contributed by atoms with E-state index in [4.69, 9.17) is 0 Å². The Morgan fingerprint density at radius 3 is 2.72 bits per heavy atom. The summed E-state index contributed by atoms with van der Waals surface area (Å²) in [6, 6.07) is 6.86. The van der Waals surface area contributed by atoms with Crippen LogP contribution in [-0.2, 0) is 6.42 Å². The Bertz CT molecular complexity index is 577. The molecule has 0 saturated heterocycles. The minimum atomic E-state index is -0.517. The predicted molar refractivity (Wildman–Crippen MR) is 71.2 cm³/mol. The fraction of sp³-hybridized carbons (Fsp3) is 0.308. The summed E-state index contributed by atoms with van der Waals surface area (Å²) in [5, 5.41) is 19.4. The molecule has 2 heterocycles. The fourth-order valence-electron chi connectivity index (χ4n) is 2.38. The van der Waals surface area contributed by atoms with Crippen molar-refractivity contribution >= 4 is 15.9 Å². The van der Waals surface area contributed by atoms with Gasteiger partial charge in [0, 0.05) is 5.56 Å². The maximum absolute atomic E-state index is 10.1. The lowest BCUT2D eigenvalue weighted by Gasteiger charge is -2.23. The summed E-state index contributed by atoms with van der Waals surface area (Å²) in [7, 11) is 0. The van der Waals surface area contributed by atoms with Crippen LogP contribution < -0.4 is 0 Å². The Labute approximate surface area is 113 Å². The van der Waals surface area contributed by atoms with Crippen LogP contribution >= 0.6 is 15.9 Å². The highest BCUT2D eigenvalue weighted by Crippen LogP contribution is 2.34. The van der Waals surface area contributed by atoms with Crippen molar-refractivity contribution < 1.29 is 10.2 Å². The van der Waals surface area contributed by atoms with E-state index in [2.05, 4.69) is 20.9 Å². The first-order valence-electron chi connectivity index (χ1n) is 5.91. The maximum Gasteiger partial charge on any atom is 0.143 e. The lowest BCUT2D eigenvalue weighted by Crippen LogP contribution is -2.17. The molecule has 4 nitrogen and oxygen atoms in total. The average Bonchev–Trinajstić information content (AvgIpc) is 2.70. The average molecular weight is 309 g/mol. The highest BCUT2D eigenvalue weighted by Gasteiger charge is 2.25. The van der Waals surface area contributed by atoms with Gasteiger partial charge >= 0.3 is 0 Å². The zero-order valence-corrected chi connectivity index (χ0v) is 11.3. The number of hydrogen-bond acceptors (Lipinski definition) is 3. The van der Waals surface area contributed by atoms with E-state index in [0.29, 0.717) is 0 Å². The minimum absolute atomic E-state index is 0.226. The van der Waals surface area contributed by atoms with E-state index < -0.39 is 6.23 Å². The molecule has 1 aliphatic heterocycles. The fourth-order valence-corrected chi connectivity index (χ4v) is 2.94. The van der Waals surface area contributed by atoms with Crippen molar-refractivity contribution in [1.29, 1.82) is 0 Å². The molecule has 1 aromatic carbocycles. The highest BCUT2D eigenvalue weighted by atomic mass is 79.9. The number of nitrogens with zero attached hydrogens (tertiary/aromatic N) is 2. The van der Waals surface area contributed by atoms with Crippen LogP contribution in [0.5, 0.6) is 5.75 Å². The third kappa shape index (κ3) is 1.83. The number of hydrogen-bond donors (Lipinski definition) is 2. The molecule has 5 heteroatoms. The number of benzene rings is 1. The van der Waals surface area contributed by atoms with Crippen LogP contribution in [0.1, 0.15) is 24.8 Å². The van der Waals surface area contributed by atoms with Gasteiger partial charge < -0.3 is 14.8 Å². The van der Waals surface area contributed by atoms with Crippen molar-refractivity contribution in [2.75, 3.05) is 0 Å². The first-order chi connectivity index (χ1) is 8.66. The van der Waals surface area contributed by atoms with E-state index in [0.717, 1.165) is 40.9 Å². The lowest BCUT2D eigenvalue weighted by molar-refractivity contribution is 0.0805. The van der Waals surface area contributed by atoms with Crippen LogP contribution in [-0.4, -0.2) is 19.8 Å². The van der Waals surface area contributed by atoms with Gasteiger partial charge in [-0.25, -0.2) is 4.98 Å². The number of fused-ring (bicyclic) bond motifs is 1. The van der Waals surface area contributed by atoms with Crippen molar-refractivity contribution in [3.63, 3.8) is 0 Å². The van der Waals surface area contributed by atoms with E-state index in [1.807, 2.05) is 4.57 Å². The molecule has 1 unspecified atom stereocenters. The van der Waals surface area contributed by atoms with Crippen LogP contribution in [0.25, 0.3) is 11.4 Å². The number of imidazole rings is 1. The van der Waals surface area contributed by atoms with Crippen molar-refractivity contribution in [3.8, 4) is 17.1 Å². The molecular weight excluding hydrogens is 296 g/mol. The zero-order valence-electron chi connectivity index (χ0n) is 9.67. The third-order valence-electron chi connectivity index (χ3n) is 3.26. The monoisotopic (exact) mass is 308 g/mol. The van der Waals surface area contributed by atoms with Crippen molar-refractivity contribution in [1.82, 2.24) is 9.55 Å². The van der Waals surface area contributed by atoms with Gasteiger partial charge in [0.1, 0.15) is 22.4 Å². The van der Waals surface area contributed by atoms with Crippen molar-refractivity contribution in [2.24, 2.45) is 0 Å². The quantitative estimate of drug-likeness (QED) is 0.851. The first-order valence-corrected chi connectivity index (χ1v) is 6.70. The minimum Gasteiger partial charge on any atom is -0.508 e. The van der Waals surface area contributed by atoms with E-state index in [1.54, 1.807) is 24.3 Å². The van der Waals surface area contributed by atoms with Gasteiger partial charge in [0.15, 0.2) is 0 Å². The van der Waals surface area contributed by atoms with E-state index in [9.17, 15) is 10.2 Å². The molecule has 2 N–H and O–H groups in total. The first kappa shape index (κ1) is 11.7. The van der Waals surface area contributed by atoms with E-state index in [1.165, 1.54) is 0 Å².